The largest absolute Gasteiger partial charge is 0.375 e. The van der Waals surface area contributed by atoms with E-state index in [-0.39, 0.29) is 21.3 Å². The van der Waals surface area contributed by atoms with Crippen LogP contribution in [0.15, 0.2) is 17.2 Å². The molecule has 0 unspecified atom stereocenters. The van der Waals surface area contributed by atoms with Gasteiger partial charge < -0.3 is 9.64 Å². The molecular formula is C20H22F3N7O3S2. The Bertz CT molecular complexity index is 1380. The topological polar surface area (TPSA) is 115 Å². The summed E-state index contributed by atoms with van der Waals surface area (Å²) in [5, 5.41) is 15.3. The summed E-state index contributed by atoms with van der Waals surface area (Å²) in [6, 6.07) is 1.51. The highest BCUT2D eigenvalue weighted by molar-refractivity contribution is 7.89. The van der Waals surface area contributed by atoms with Crippen LogP contribution in [-0.4, -0.2) is 70.7 Å². The van der Waals surface area contributed by atoms with Crippen LogP contribution in [0.25, 0.3) is 16.5 Å². The Morgan fingerprint density at radius 1 is 1.11 bits per heavy atom. The number of pyridine rings is 1. The Labute approximate surface area is 202 Å². The van der Waals surface area contributed by atoms with Gasteiger partial charge in [0.15, 0.2) is 21.5 Å². The smallest absolute Gasteiger partial charge is 0.291 e. The molecule has 0 bridgehead atoms. The zero-order valence-corrected chi connectivity index (χ0v) is 20.1. The fourth-order valence-electron chi connectivity index (χ4n) is 4.59. The highest BCUT2D eigenvalue weighted by atomic mass is 32.2. The number of piperidine rings is 1. The number of nitrogens with one attached hydrogen (secondary N) is 1. The van der Waals surface area contributed by atoms with Crippen LogP contribution in [0.3, 0.4) is 0 Å². The molecule has 3 aliphatic rings. The maximum atomic E-state index is 13.5. The number of sulfonamides is 1. The van der Waals surface area contributed by atoms with Gasteiger partial charge in [-0.1, -0.05) is 11.3 Å². The number of fused-ring (bicyclic) bond motifs is 1. The lowest BCUT2D eigenvalue weighted by Gasteiger charge is -2.48. The van der Waals surface area contributed by atoms with E-state index < -0.39 is 33.7 Å². The van der Waals surface area contributed by atoms with Crippen LogP contribution in [0, 0.1) is 0 Å². The Morgan fingerprint density at radius 2 is 1.86 bits per heavy atom. The van der Waals surface area contributed by atoms with E-state index in [2.05, 4.69) is 25.1 Å². The lowest BCUT2D eigenvalue weighted by atomic mass is 9.84. The van der Waals surface area contributed by atoms with E-state index in [1.165, 1.54) is 16.7 Å². The quantitative estimate of drug-likeness (QED) is 0.497. The third kappa shape index (κ3) is 3.97. The van der Waals surface area contributed by atoms with Gasteiger partial charge in [-0.25, -0.2) is 26.3 Å². The Kier molecular flexibility index (Phi) is 5.32. The Hall–Kier alpha value is -2.36. The summed E-state index contributed by atoms with van der Waals surface area (Å²) in [5.74, 6) is 0.102. The normalized spacial score (nSPS) is 21.1. The van der Waals surface area contributed by atoms with Crippen molar-refractivity contribution in [3.8, 4) is 10.8 Å². The van der Waals surface area contributed by atoms with Crippen molar-refractivity contribution in [2.45, 2.75) is 54.6 Å². The highest BCUT2D eigenvalue weighted by Gasteiger charge is 2.47. The maximum absolute atomic E-state index is 13.5. The van der Waals surface area contributed by atoms with Gasteiger partial charge >= 0.3 is 0 Å². The molecule has 0 amide bonds. The van der Waals surface area contributed by atoms with Crippen molar-refractivity contribution in [2.24, 2.45) is 0 Å². The molecule has 3 fully saturated rings. The molecule has 3 aromatic heterocycles. The van der Waals surface area contributed by atoms with Crippen LogP contribution in [0.1, 0.15) is 43.5 Å². The summed E-state index contributed by atoms with van der Waals surface area (Å²) in [6.07, 6.45) is 1.94. The molecule has 3 aromatic rings. The zero-order chi connectivity index (χ0) is 24.4. The molecule has 0 atom stereocenters. The molecule has 0 radical (unpaired) electrons. The Morgan fingerprint density at radius 3 is 2.43 bits per heavy atom. The van der Waals surface area contributed by atoms with E-state index in [0.29, 0.717) is 48.6 Å². The minimum atomic E-state index is -4.09. The van der Waals surface area contributed by atoms with Gasteiger partial charge in [-0.15, -0.1) is 20.4 Å². The van der Waals surface area contributed by atoms with Crippen molar-refractivity contribution in [3.05, 3.63) is 17.3 Å². The van der Waals surface area contributed by atoms with Crippen LogP contribution in [0.5, 0.6) is 0 Å². The maximum Gasteiger partial charge on any atom is 0.291 e. The highest BCUT2D eigenvalue weighted by Crippen LogP contribution is 2.41. The standard InChI is InChI=1S/C20H22F3N7O3S2/c21-11-19(1-2-19)28-35(31,32)12-9-13(29-6-3-20(4-7-29)5-8-33-20)15-24-25-16(30(15)10-12)18-27-26-17(34-18)14(22)23/h9-10,14,28H,1-8,11H2. The number of hydrogen-bond donors (Lipinski definition) is 1. The predicted octanol–water partition coefficient (Wildman–Crippen LogP) is 2.73. The lowest BCUT2D eigenvalue weighted by molar-refractivity contribution is -0.158. The van der Waals surface area contributed by atoms with Crippen LogP contribution < -0.4 is 9.62 Å². The first-order chi connectivity index (χ1) is 16.7. The number of nitrogens with zero attached hydrogens (tertiary/aromatic N) is 6. The number of hydrogen-bond acceptors (Lipinski definition) is 9. The zero-order valence-electron chi connectivity index (χ0n) is 18.5. The summed E-state index contributed by atoms with van der Waals surface area (Å²) < 4.78 is 75.9. The second-order valence-corrected chi connectivity index (χ2v) is 12.0. The van der Waals surface area contributed by atoms with Gasteiger partial charge in [0.05, 0.1) is 23.4 Å². The second-order valence-electron chi connectivity index (χ2n) is 9.31. The first kappa shape index (κ1) is 23.1. The fraction of sp³-hybridized carbons (Fsp3) is 0.600. The molecule has 1 N–H and O–H groups in total. The molecule has 1 saturated carbocycles. The van der Waals surface area contributed by atoms with Crippen molar-refractivity contribution < 1.29 is 26.3 Å². The van der Waals surface area contributed by atoms with Crippen LogP contribution in [0.2, 0.25) is 0 Å². The van der Waals surface area contributed by atoms with Gasteiger partial charge in [-0.3, -0.25) is 4.40 Å². The van der Waals surface area contributed by atoms with Crippen LogP contribution in [0.4, 0.5) is 18.9 Å². The van der Waals surface area contributed by atoms with E-state index in [9.17, 15) is 21.6 Å². The molecule has 35 heavy (non-hydrogen) atoms. The Balaban J connectivity index is 1.44. The minimum absolute atomic E-state index is 0.0872. The van der Waals surface area contributed by atoms with Gasteiger partial charge in [-0.2, -0.15) is 0 Å². The molecule has 1 spiro atoms. The van der Waals surface area contributed by atoms with E-state index in [1.54, 1.807) is 0 Å². The van der Waals surface area contributed by atoms with Gasteiger partial charge in [0.25, 0.3) is 6.43 Å². The van der Waals surface area contributed by atoms with Gasteiger partial charge in [0.2, 0.25) is 10.0 Å². The average Bonchev–Trinajstić information content (AvgIpc) is 3.21. The molecule has 10 nitrogen and oxygen atoms in total. The van der Waals surface area contributed by atoms with E-state index in [1.807, 2.05) is 4.90 Å². The van der Waals surface area contributed by atoms with E-state index in [0.717, 1.165) is 25.9 Å². The molecular weight excluding hydrogens is 507 g/mol. The third-order valence-corrected chi connectivity index (χ3v) is 9.50. The molecule has 188 valence electrons. The lowest BCUT2D eigenvalue weighted by Crippen LogP contribution is -2.52. The van der Waals surface area contributed by atoms with E-state index in [4.69, 9.17) is 4.74 Å². The number of halogens is 3. The van der Waals surface area contributed by atoms with Crippen molar-refractivity contribution in [3.63, 3.8) is 0 Å². The SMILES string of the molecule is O=S(=O)(NC1(CF)CC1)c1cc(N2CCC3(CCO3)CC2)c2nnc(-c3nnc(C(F)F)s3)n2c1. The van der Waals surface area contributed by atoms with Crippen molar-refractivity contribution >= 4 is 32.7 Å². The number of aromatic nitrogens is 5. The van der Waals surface area contributed by atoms with Crippen LogP contribution in [-0.2, 0) is 14.8 Å². The molecule has 2 saturated heterocycles. The number of rotatable bonds is 7. The van der Waals surface area contributed by atoms with Crippen molar-refractivity contribution in [1.82, 2.24) is 29.5 Å². The minimum Gasteiger partial charge on any atom is -0.375 e. The van der Waals surface area contributed by atoms with Crippen LogP contribution >= 0.6 is 11.3 Å². The van der Waals surface area contributed by atoms with Crippen molar-refractivity contribution in [1.29, 1.82) is 0 Å². The predicted molar refractivity (Wildman–Crippen MR) is 120 cm³/mol. The summed E-state index contributed by atoms with van der Waals surface area (Å²) in [6.45, 7) is 1.19. The summed E-state index contributed by atoms with van der Waals surface area (Å²) in [4.78, 5) is 1.92. The van der Waals surface area contributed by atoms with Gasteiger partial charge in [0.1, 0.15) is 11.6 Å². The molecule has 1 aliphatic carbocycles. The first-order valence-corrected chi connectivity index (χ1v) is 13.5. The van der Waals surface area contributed by atoms with Gasteiger partial charge in [-0.05, 0) is 38.2 Å². The first-order valence-electron chi connectivity index (χ1n) is 11.2. The summed E-state index contributed by atoms with van der Waals surface area (Å²) in [7, 11) is -4.09. The molecule has 0 aromatic carbocycles. The van der Waals surface area contributed by atoms with Crippen molar-refractivity contribution in [2.75, 3.05) is 31.3 Å². The third-order valence-electron chi connectivity index (χ3n) is 7.03. The summed E-state index contributed by atoms with van der Waals surface area (Å²) in [5.41, 5.74) is -0.294. The molecule has 5 heterocycles. The molecule has 6 rings (SSSR count). The molecule has 2 aliphatic heterocycles. The summed E-state index contributed by atoms with van der Waals surface area (Å²) >= 11 is 0.662. The monoisotopic (exact) mass is 529 g/mol. The van der Waals surface area contributed by atoms with E-state index >= 15 is 0 Å². The van der Waals surface area contributed by atoms with Gasteiger partial charge in [0, 0.05) is 19.3 Å². The number of alkyl halides is 3. The number of anilines is 1. The number of ether oxygens (including phenoxy) is 1. The fourth-order valence-corrected chi connectivity index (χ4v) is 6.73. The average molecular weight is 530 g/mol. The second kappa shape index (κ2) is 8.08. The molecule has 15 heteroatoms.